The van der Waals surface area contributed by atoms with Crippen molar-refractivity contribution in [2.45, 2.75) is 13.0 Å². The number of nitrogens with one attached hydrogen (secondary N) is 2. The lowest BCUT2D eigenvalue weighted by atomic mass is 10.1. The molecule has 0 unspecified atom stereocenters. The Morgan fingerprint density at radius 1 is 0.969 bits per heavy atom. The SMILES string of the molecule is COc1cccc(-c2cncc(N[C@@H](C)c3cccc(NC(=O)c4cccnc4)c3)n2)c1. The second kappa shape index (κ2) is 9.70. The molecular weight excluding hydrogens is 402 g/mol. The Morgan fingerprint density at radius 2 is 1.84 bits per heavy atom. The smallest absolute Gasteiger partial charge is 0.257 e. The van der Waals surface area contributed by atoms with Crippen molar-refractivity contribution in [1.29, 1.82) is 0 Å². The maximum absolute atomic E-state index is 12.4. The lowest BCUT2D eigenvalue weighted by molar-refractivity contribution is 0.102. The van der Waals surface area contributed by atoms with Gasteiger partial charge in [0.2, 0.25) is 0 Å². The van der Waals surface area contributed by atoms with Crippen molar-refractivity contribution in [3.05, 3.63) is 96.6 Å². The number of hydrogen-bond acceptors (Lipinski definition) is 6. The minimum Gasteiger partial charge on any atom is -0.497 e. The molecule has 1 amide bonds. The van der Waals surface area contributed by atoms with Crippen molar-refractivity contribution in [2.24, 2.45) is 0 Å². The van der Waals surface area contributed by atoms with Crippen LogP contribution in [0.4, 0.5) is 11.5 Å². The van der Waals surface area contributed by atoms with E-state index < -0.39 is 0 Å². The average Bonchev–Trinajstić information content (AvgIpc) is 2.85. The number of hydrogen-bond donors (Lipinski definition) is 2. The summed E-state index contributed by atoms with van der Waals surface area (Å²) in [6.07, 6.45) is 6.59. The summed E-state index contributed by atoms with van der Waals surface area (Å²) in [5, 5.41) is 6.29. The van der Waals surface area contributed by atoms with Crippen molar-refractivity contribution in [2.75, 3.05) is 17.7 Å². The molecule has 160 valence electrons. The Hall–Kier alpha value is -4.26. The molecule has 32 heavy (non-hydrogen) atoms. The molecule has 0 aliphatic heterocycles. The minimum absolute atomic E-state index is 0.0555. The minimum atomic E-state index is -0.201. The summed E-state index contributed by atoms with van der Waals surface area (Å²) in [5.74, 6) is 1.22. The van der Waals surface area contributed by atoms with Crippen LogP contribution in [0, 0.1) is 0 Å². The molecule has 0 spiro atoms. The molecule has 7 nitrogen and oxygen atoms in total. The van der Waals surface area contributed by atoms with Crippen LogP contribution in [0.5, 0.6) is 5.75 Å². The number of carbonyl (C=O) groups is 1. The molecule has 2 N–H and O–H groups in total. The number of pyridine rings is 1. The number of nitrogens with zero attached hydrogens (tertiary/aromatic N) is 3. The van der Waals surface area contributed by atoms with Crippen LogP contribution < -0.4 is 15.4 Å². The number of rotatable bonds is 7. The molecule has 0 radical (unpaired) electrons. The number of amides is 1. The number of aromatic nitrogens is 3. The van der Waals surface area contributed by atoms with Crippen LogP contribution in [0.3, 0.4) is 0 Å². The molecule has 4 rings (SSSR count). The van der Waals surface area contributed by atoms with Gasteiger partial charge in [0, 0.05) is 23.6 Å². The summed E-state index contributed by atoms with van der Waals surface area (Å²) in [6.45, 7) is 2.03. The van der Waals surface area contributed by atoms with E-state index in [2.05, 4.69) is 25.6 Å². The van der Waals surface area contributed by atoms with E-state index in [-0.39, 0.29) is 11.9 Å². The molecule has 0 saturated heterocycles. The van der Waals surface area contributed by atoms with Crippen molar-refractivity contribution >= 4 is 17.4 Å². The second-order valence-corrected chi connectivity index (χ2v) is 7.21. The highest BCUT2D eigenvalue weighted by atomic mass is 16.5. The fourth-order valence-corrected chi connectivity index (χ4v) is 3.25. The zero-order valence-corrected chi connectivity index (χ0v) is 17.8. The molecule has 4 aromatic rings. The van der Waals surface area contributed by atoms with Crippen LogP contribution in [0.15, 0.2) is 85.5 Å². The third-order valence-corrected chi connectivity index (χ3v) is 4.93. The number of ether oxygens (including phenoxy) is 1. The van der Waals surface area contributed by atoms with E-state index in [0.717, 1.165) is 22.6 Å². The van der Waals surface area contributed by atoms with E-state index in [4.69, 9.17) is 4.74 Å². The fourth-order valence-electron chi connectivity index (χ4n) is 3.25. The predicted octanol–water partition coefficient (Wildman–Crippen LogP) is 4.97. The number of benzene rings is 2. The maximum Gasteiger partial charge on any atom is 0.257 e. The first kappa shape index (κ1) is 21.0. The zero-order chi connectivity index (χ0) is 22.3. The summed E-state index contributed by atoms with van der Waals surface area (Å²) in [6, 6.07) is 18.8. The summed E-state index contributed by atoms with van der Waals surface area (Å²) in [5.41, 5.74) is 3.89. The van der Waals surface area contributed by atoms with E-state index in [9.17, 15) is 4.79 Å². The summed E-state index contributed by atoms with van der Waals surface area (Å²) in [7, 11) is 1.64. The molecule has 0 saturated carbocycles. The van der Waals surface area contributed by atoms with Gasteiger partial charge >= 0.3 is 0 Å². The van der Waals surface area contributed by atoms with E-state index in [0.29, 0.717) is 17.1 Å². The van der Waals surface area contributed by atoms with Gasteiger partial charge in [-0.05, 0) is 48.9 Å². The van der Waals surface area contributed by atoms with Crippen LogP contribution in [-0.2, 0) is 0 Å². The van der Waals surface area contributed by atoms with Crippen molar-refractivity contribution < 1.29 is 9.53 Å². The maximum atomic E-state index is 12.4. The average molecular weight is 425 g/mol. The topological polar surface area (TPSA) is 89.0 Å². The highest BCUT2D eigenvalue weighted by molar-refractivity contribution is 6.04. The standard InChI is InChI=1S/C25H23N5O2/c1-17(18-6-3-9-21(12-18)29-25(31)20-8-5-11-26-14-20)28-24-16-27-15-23(30-24)19-7-4-10-22(13-19)32-2/h3-17H,1-2H3,(H,28,30)(H,29,31)/t17-/m0/s1. The molecular formula is C25H23N5O2. The number of methoxy groups -OCH3 is 1. The van der Waals surface area contributed by atoms with Gasteiger partial charge in [-0.2, -0.15) is 0 Å². The Kier molecular flexibility index (Phi) is 6.36. The van der Waals surface area contributed by atoms with Crippen LogP contribution in [0.1, 0.15) is 28.9 Å². The van der Waals surface area contributed by atoms with Crippen LogP contribution in [0.25, 0.3) is 11.3 Å². The molecule has 2 aromatic carbocycles. The highest BCUT2D eigenvalue weighted by Crippen LogP contribution is 2.25. The quantitative estimate of drug-likeness (QED) is 0.434. The van der Waals surface area contributed by atoms with Gasteiger partial charge in [-0.1, -0.05) is 24.3 Å². The van der Waals surface area contributed by atoms with Gasteiger partial charge < -0.3 is 15.4 Å². The van der Waals surface area contributed by atoms with Gasteiger partial charge in [0.25, 0.3) is 5.91 Å². The molecule has 2 heterocycles. The number of carbonyl (C=O) groups excluding carboxylic acids is 1. The molecule has 2 aromatic heterocycles. The van der Waals surface area contributed by atoms with E-state index >= 15 is 0 Å². The van der Waals surface area contributed by atoms with Crippen molar-refractivity contribution in [3.63, 3.8) is 0 Å². The molecule has 1 atom stereocenters. The fraction of sp³-hybridized carbons (Fsp3) is 0.120. The third kappa shape index (κ3) is 5.07. The Bertz CT molecular complexity index is 1210. The first-order valence-electron chi connectivity index (χ1n) is 10.2. The molecule has 0 fully saturated rings. The molecule has 0 aliphatic carbocycles. The van der Waals surface area contributed by atoms with Crippen LogP contribution >= 0.6 is 0 Å². The van der Waals surface area contributed by atoms with E-state index in [1.807, 2.05) is 55.5 Å². The van der Waals surface area contributed by atoms with E-state index in [1.165, 1.54) is 6.20 Å². The Morgan fingerprint density at radius 3 is 2.66 bits per heavy atom. The summed E-state index contributed by atoms with van der Waals surface area (Å²) < 4.78 is 5.30. The predicted molar refractivity (Wildman–Crippen MR) is 125 cm³/mol. The lowest BCUT2D eigenvalue weighted by Gasteiger charge is -2.16. The Labute approximate surface area is 186 Å². The summed E-state index contributed by atoms with van der Waals surface area (Å²) in [4.78, 5) is 25.4. The van der Waals surface area contributed by atoms with Crippen LogP contribution in [0.2, 0.25) is 0 Å². The summed E-state index contributed by atoms with van der Waals surface area (Å²) >= 11 is 0. The van der Waals surface area contributed by atoms with Crippen molar-refractivity contribution in [3.8, 4) is 17.0 Å². The number of anilines is 2. The molecule has 7 heteroatoms. The molecule has 0 aliphatic rings. The monoisotopic (exact) mass is 425 g/mol. The van der Waals surface area contributed by atoms with E-state index in [1.54, 1.807) is 37.8 Å². The van der Waals surface area contributed by atoms with Gasteiger partial charge in [0.05, 0.1) is 36.8 Å². The third-order valence-electron chi connectivity index (χ3n) is 4.93. The normalized spacial score (nSPS) is 11.4. The Balaban J connectivity index is 1.48. The first-order valence-corrected chi connectivity index (χ1v) is 10.2. The van der Waals surface area contributed by atoms with Crippen molar-refractivity contribution in [1.82, 2.24) is 15.0 Å². The zero-order valence-electron chi connectivity index (χ0n) is 17.8. The lowest BCUT2D eigenvalue weighted by Crippen LogP contribution is -2.13. The highest BCUT2D eigenvalue weighted by Gasteiger charge is 2.11. The largest absolute Gasteiger partial charge is 0.497 e. The second-order valence-electron chi connectivity index (χ2n) is 7.21. The van der Waals surface area contributed by atoms with Gasteiger partial charge in [-0.15, -0.1) is 0 Å². The molecule has 0 bridgehead atoms. The van der Waals surface area contributed by atoms with Gasteiger partial charge in [0.15, 0.2) is 0 Å². The van der Waals surface area contributed by atoms with Gasteiger partial charge in [-0.25, -0.2) is 4.98 Å². The van der Waals surface area contributed by atoms with Crippen LogP contribution in [-0.4, -0.2) is 28.0 Å². The van der Waals surface area contributed by atoms with Gasteiger partial charge in [-0.3, -0.25) is 14.8 Å². The van der Waals surface area contributed by atoms with Gasteiger partial charge in [0.1, 0.15) is 11.6 Å². The first-order chi connectivity index (χ1) is 15.6.